The molecule has 0 radical (unpaired) electrons. The minimum Gasteiger partial charge on any atom is -0.390 e. The Kier molecular flexibility index (Phi) is 3.53. The fraction of sp³-hybridized carbons (Fsp3) is 0.889. The molecule has 0 spiro atoms. The summed E-state index contributed by atoms with van der Waals surface area (Å²) in [6.45, 7) is 3.91. The quantitative estimate of drug-likeness (QED) is 0.712. The molecule has 0 aliphatic heterocycles. The Morgan fingerprint density at radius 3 is 2.42 bits per heavy atom. The van der Waals surface area contributed by atoms with Crippen molar-refractivity contribution in [2.45, 2.75) is 77.2 Å². The van der Waals surface area contributed by atoms with Gasteiger partial charge < -0.3 is 5.11 Å². The molecule has 0 amide bonds. The van der Waals surface area contributed by atoms with Gasteiger partial charge in [0, 0.05) is 0 Å². The Bertz CT molecular complexity index is 343. The number of hydrogen-bond acceptors (Lipinski definition) is 1. The highest BCUT2D eigenvalue weighted by molar-refractivity contribution is 5.14. The van der Waals surface area contributed by atoms with Crippen LogP contribution in [0, 0.1) is 23.2 Å². The molecule has 1 N–H and O–H groups in total. The molecule has 3 aliphatic rings. The van der Waals surface area contributed by atoms with Gasteiger partial charge in [0.1, 0.15) is 0 Å². The van der Waals surface area contributed by atoms with Crippen molar-refractivity contribution < 1.29 is 5.11 Å². The van der Waals surface area contributed by atoms with Gasteiger partial charge in [-0.3, -0.25) is 0 Å². The van der Waals surface area contributed by atoms with Crippen LogP contribution in [-0.4, -0.2) is 10.7 Å². The van der Waals surface area contributed by atoms with Gasteiger partial charge in [0.15, 0.2) is 0 Å². The SMILES string of the molecule is CC(C)(O)CCCC1(C2CC3C=CC2C3)CCCC1. The Hall–Kier alpha value is -0.300. The minimum atomic E-state index is -0.478. The highest BCUT2D eigenvalue weighted by atomic mass is 16.3. The predicted octanol–water partition coefficient (Wildman–Crippen LogP) is 4.70. The van der Waals surface area contributed by atoms with Gasteiger partial charge in [0.2, 0.25) is 0 Å². The summed E-state index contributed by atoms with van der Waals surface area (Å²) in [6.07, 6.45) is 17.2. The maximum atomic E-state index is 9.93. The van der Waals surface area contributed by atoms with Crippen LogP contribution in [0.3, 0.4) is 0 Å². The van der Waals surface area contributed by atoms with Crippen LogP contribution >= 0.6 is 0 Å². The van der Waals surface area contributed by atoms with Crippen LogP contribution < -0.4 is 0 Å². The van der Waals surface area contributed by atoms with Gasteiger partial charge >= 0.3 is 0 Å². The molecule has 108 valence electrons. The summed E-state index contributed by atoms with van der Waals surface area (Å²) in [6, 6.07) is 0. The maximum absolute atomic E-state index is 9.93. The van der Waals surface area contributed by atoms with Crippen molar-refractivity contribution in [1.29, 1.82) is 0 Å². The van der Waals surface area contributed by atoms with E-state index in [1.807, 2.05) is 13.8 Å². The molecule has 3 aliphatic carbocycles. The van der Waals surface area contributed by atoms with Gasteiger partial charge in [0.25, 0.3) is 0 Å². The first kappa shape index (κ1) is 13.7. The van der Waals surface area contributed by atoms with Crippen LogP contribution in [0.2, 0.25) is 0 Å². The molecular weight excluding hydrogens is 232 g/mol. The fourth-order valence-corrected chi connectivity index (χ4v) is 5.24. The van der Waals surface area contributed by atoms with Gasteiger partial charge in [-0.05, 0) is 75.5 Å². The molecule has 0 aromatic rings. The fourth-order valence-electron chi connectivity index (χ4n) is 5.24. The average Bonchev–Trinajstić information content (AvgIpc) is 3.03. The minimum absolute atomic E-state index is 0.478. The van der Waals surface area contributed by atoms with Gasteiger partial charge in [-0.15, -0.1) is 0 Å². The largest absolute Gasteiger partial charge is 0.390 e. The van der Waals surface area contributed by atoms with Gasteiger partial charge in [-0.2, -0.15) is 0 Å². The first-order chi connectivity index (χ1) is 8.99. The Morgan fingerprint density at radius 1 is 1.16 bits per heavy atom. The van der Waals surface area contributed by atoms with E-state index in [0.717, 1.165) is 24.2 Å². The zero-order chi connectivity index (χ0) is 13.5. The highest BCUT2D eigenvalue weighted by Crippen LogP contribution is 2.59. The number of allylic oxidation sites excluding steroid dienone is 2. The van der Waals surface area contributed by atoms with Crippen LogP contribution in [0.15, 0.2) is 12.2 Å². The lowest BCUT2D eigenvalue weighted by molar-refractivity contribution is 0.0548. The lowest BCUT2D eigenvalue weighted by Crippen LogP contribution is -2.31. The number of hydrogen-bond donors (Lipinski definition) is 1. The summed E-state index contributed by atoms with van der Waals surface area (Å²) in [4.78, 5) is 0. The second-order valence-corrected chi connectivity index (χ2v) is 8.12. The number of aliphatic hydroxyl groups is 1. The Balaban J connectivity index is 1.64. The van der Waals surface area contributed by atoms with Crippen molar-refractivity contribution in [3.63, 3.8) is 0 Å². The lowest BCUT2D eigenvalue weighted by Gasteiger charge is -2.40. The van der Waals surface area contributed by atoms with Crippen molar-refractivity contribution in [3.8, 4) is 0 Å². The smallest absolute Gasteiger partial charge is 0.0591 e. The van der Waals surface area contributed by atoms with Crippen molar-refractivity contribution >= 4 is 0 Å². The molecule has 0 heterocycles. The van der Waals surface area contributed by atoms with Crippen LogP contribution in [0.25, 0.3) is 0 Å². The zero-order valence-corrected chi connectivity index (χ0v) is 12.7. The van der Waals surface area contributed by atoms with Crippen molar-refractivity contribution in [3.05, 3.63) is 12.2 Å². The van der Waals surface area contributed by atoms with E-state index in [-0.39, 0.29) is 0 Å². The third kappa shape index (κ3) is 2.77. The van der Waals surface area contributed by atoms with E-state index in [4.69, 9.17) is 0 Å². The summed E-state index contributed by atoms with van der Waals surface area (Å²) in [7, 11) is 0. The van der Waals surface area contributed by atoms with Crippen LogP contribution in [0.5, 0.6) is 0 Å². The molecular formula is C18H30O. The summed E-state index contributed by atoms with van der Waals surface area (Å²) in [5, 5.41) is 9.93. The van der Waals surface area contributed by atoms with E-state index in [2.05, 4.69) is 12.2 Å². The van der Waals surface area contributed by atoms with Crippen molar-refractivity contribution in [2.24, 2.45) is 23.2 Å². The third-order valence-corrected chi connectivity index (χ3v) is 6.13. The third-order valence-electron chi connectivity index (χ3n) is 6.13. The zero-order valence-electron chi connectivity index (χ0n) is 12.7. The van der Waals surface area contributed by atoms with E-state index < -0.39 is 5.60 Å². The second-order valence-electron chi connectivity index (χ2n) is 8.12. The van der Waals surface area contributed by atoms with E-state index in [9.17, 15) is 5.11 Å². The summed E-state index contributed by atoms with van der Waals surface area (Å²) in [5.74, 6) is 2.76. The Morgan fingerprint density at radius 2 is 1.89 bits per heavy atom. The standard InChI is InChI=1S/C18H30O/c1-17(2,19)8-5-11-18(9-3-4-10-18)16-13-14-6-7-15(16)12-14/h6-7,14-16,19H,3-5,8-13H2,1-2H3. The average molecular weight is 262 g/mol. The van der Waals surface area contributed by atoms with E-state index in [0.29, 0.717) is 5.41 Å². The summed E-state index contributed by atoms with van der Waals surface area (Å²) < 4.78 is 0. The molecule has 1 nitrogen and oxygen atoms in total. The molecule has 2 saturated carbocycles. The van der Waals surface area contributed by atoms with Crippen LogP contribution in [-0.2, 0) is 0 Å². The van der Waals surface area contributed by atoms with Gasteiger partial charge in [-0.25, -0.2) is 0 Å². The van der Waals surface area contributed by atoms with Crippen molar-refractivity contribution in [2.75, 3.05) is 0 Å². The molecule has 0 aromatic heterocycles. The first-order valence-electron chi connectivity index (χ1n) is 8.39. The first-order valence-corrected chi connectivity index (χ1v) is 8.39. The molecule has 0 saturated heterocycles. The van der Waals surface area contributed by atoms with Gasteiger partial charge in [0.05, 0.1) is 5.60 Å². The molecule has 2 bridgehead atoms. The summed E-state index contributed by atoms with van der Waals surface area (Å²) >= 11 is 0. The van der Waals surface area contributed by atoms with E-state index in [1.165, 1.54) is 51.4 Å². The lowest BCUT2D eigenvalue weighted by atomic mass is 9.65. The van der Waals surface area contributed by atoms with E-state index >= 15 is 0 Å². The molecule has 1 heteroatoms. The highest BCUT2D eigenvalue weighted by Gasteiger charge is 2.49. The van der Waals surface area contributed by atoms with Crippen LogP contribution in [0.1, 0.15) is 71.6 Å². The maximum Gasteiger partial charge on any atom is 0.0591 e. The molecule has 0 aromatic carbocycles. The molecule has 3 atom stereocenters. The number of rotatable bonds is 5. The number of fused-ring (bicyclic) bond motifs is 2. The molecule has 2 fully saturated rings. The van der Waals surface area contributed by atoms with Crippen molar-refractivity contribution in [1.82, 2.24) is 0 Å². The normalized spacial score (nSPS) is 36.3. The summed E-state index contributed by atoms with van der Waals surface area (Å²) in [5.41, 5.74) is 0.157. The predicted molar refractivity (Wildman–Crippen MR) is 79.9 cm³/mol. The molecule has 3 unspecified atom stereocenters. The molecule has 19 heavy (non-hydrogen) atoms. The second kappa shape index (κ2) is 4.91. The van der Waals surface area contributed by atoms with Crippen LogP contribution in [0.4, 0.5) is 0 Å². The Labute approximate surface area is 118 Å². The van der Waals surface area contributed by atoms with E-state index in [1.54, 1.807) is 0 Å². The molecule has 3 rings (SSSR count). The topological polar surface area (TPSA) is 20.2 Å². The van der Waals surface area contributed by atoms with Gasteiger partial charge in [-0.1, -0.05) is 31.4 Å². The monoisotopic (exact) mass is 262 g/mol.